The topological polar surface area (TPSA) is 75.3 Å². The summed E-state index contributed by atoms with van der Waals surface area (Å²) in [6, 6.07) is 6.40. The van der Waals surface area contributed by atoms with Gasteiger partial charge in [-0.05, 0) is 80.5 Å². The van der Waals surface area contributed by atoms with E-state index in [1.807, 2.05) is 6.92 Å². The van der Waals surface area contributed by atoms with Crippen LogP contribution in [0.4, 0.5) is 5.69 Å². The van der Waals surface area contributed by atoms with Gasteiger partial charge < -0.3 is 5.32 Å². The first-order valence-corrected chi connectivity index (χ1v) is 11.6. The highest BCUT2D eigenvalue weighted by atomic mass is 32.2. The number of rotatable bonds is 8. The Labute approximate surface area is 163 Å². The second-order valence-corrected chi connectivity index (χ2v) is 10.5. The zero-order valence-electron chi connectivity index (χ0n) is 16.6. The summed E-state index contributed by atoms with van der Waals surface area (Å²) in [6.07, 6.45) is 6.28. The van der Waals surface area contributed by atoms with Crippen LogP contribution in [0.1, 0.15) is 59.3 Å². The Morgan fingerprint density at radius 2 is 1.81 bits per heavy atom. The van der Waals surface area contributed by atoms with Gasteiger partial charge in [0, 0.05) is 18.2 Å². The molecule has 2 bridgehead atoms. The second-order valence-electron chi connectivity index (χ2n) is 8.75. The molecule has 5 nitrogen and oxygen atoms in total. The Bertz CT molecular complexity index is 758. The lowest BCUT2D eigenvalue weighted by molar-refractivity contribution is -0.116. The lowest BCUT2D eigenvalue weighted by Crippen LogP contribution is -2.40. The Morgan fingerprint density at radius 3 is 2.37 bits per heavy atom. The largest absolute Gasteiger partial charge is 0.326 e. The van der Waals surface area contributed by atoms with Crippen LogP contribution < -0.4 is 10.0 Å². The average molecular weight is 393 g/mol. The van der Waals surface area contributed by atoms with Crippen LogP contribution in [0, 0.1) is 23.7 Å². The molecule has 0 radical (unpaired) electrons. The maximum absolute atomic E-state index is 12.7. The lowest BCUT2D eigenvalue weighted by atomic mass is 9.84. The summed E-state index contributed by atoms with van der Waals surface area (Å²) in [6.45, 7) is 6.15. The molecule has 6 heteroatoms. The van der Waals surface area contributed by atoms with Gasteiger partial charge in [0.1, 0.15) is 0 Å². The van der Waals surface area contributed by atoms with E-state index in [1.54, 1.807) is 24.3 Å². The van der Waals surface area contributed by atoms with Crippen molar-refractivity contribution in [2.75, 3.05) is 5.32 Å². The van der Waals surface area contributed by atoms with Crippen LogP contribution in [0.2, 0.25) is 0 Å². The van der Waals surface area contributed by atoms with Gasteiger partial charge in [0.15, 0.2) is 0 Å². The van der Waals surface area contributed by atoms with Crippen molar-refractivity contribution in [1.29, 1.82) is 0 Å². The van der Waals surface area contributed by atoms with Crippen molar-refractivity contribution in [3.63, 3.8) is 0 Å². The number of sulfonamides is 1. The highest BCUT2D eigenvalue weighted by Crippen LogP contribution is 2.49. The second kappa shape index (κ2) is 8.31. The quantitative estimate of drug-likeness (QED) is 0.697. The van der Waals surface area contributed by atoms with Crippen molar-refractivity contribution >= 4 is 21.6 Å². The highest BCUT2D eigenvalue weighted by Gasteiger charge is 2.42. The number of benzene rings is 1. The summed E-state index contributed by atoms with van der Waals surface area (Å²) in [5, 5.41) is 2.83. The van der Waals surface area contributed by atoms with E-state index in [0.29, 0.717) is 29.9 Å². The summed E-state index contributed by atoms with van der Waals surface area (Å²) in [7, 11) is -3.54. The van der Waals surface area contributed by atoms with Crippen LogP contribution in [0.15, 0.2) is 29.2 Å². The van der Waals surface area contributed by atoms with Crippen LogP contribution in [-0.2, 0) is 14.8 Å². The molecule has 0 aromatic heterocycles. The first-order chi connectivity index (χ1) is 12.7. The third kappa shape index (κ3) is 5.11. The molecular weight excluding hydrogens is 360 g/mol. The normalized spacial score (nSPS) is 25.7. The monoisotopic (exact) mass is 392 g/mol. The fourth-order valence-corrected chi connectivity index (χ4v) is 5.96. The first-order valence-electron chi connectivity index (χ1n) is 10.2. The molecule has 1 aromatic carbocycles. The van der Waals surface area contributed by atoms with E-state index in [-0.39, 0.29) is 16.8 Å². The Morgan fingerprint density at radius 1 is 1.11 bits per heavy atom. The van der Waals surface area contributed by atoms with Gasteiger partial charge in [-0.25, -0.2) is 13.1 Å². The summed E-state index contributed by atoms with van der Waals surface area (Å²) in [4.78, 5) is 12.2. The molecule has 1 amide bonds. The minimum absolute atomic E-state index is 0.0395. The standard InChI is InChI=1S/C21H32N2O3S/c1-14(2)4-11-21(24)22-18-7-9-19(10-8-18)27(25,26)23-15(3)20-13-16-5-6-17(20)12-16/h7-10,14-17,20,23H,4-6,11-13H2,1-3H3,(H,22,24)/t15-,16-,17-,20-/m0/s1. The Balaban J connectivity index is 1.57. The first kappa shape index (κ1) is 20.3. The van der Waals surface area contributed by atoms with Crippen molar-refractivity contribution in [1.82, 2.24) is 4.72 Å². The Hall–Kier alpha value is -1.40. The van der Waals surface area contributed by atoms with Crippen LogP contribution in [0.3, 0.4) is 0 Å². The Kier molecular flexibility index (Phi) is 6.26. The number of carbonyl (C=O) groups is 1. The van der Waals surface area contributed by atoms with E-state index in [2.05, 4.69) is 23.9 Å². The lowest BCUT2D eigenvalue weighted by Gasteiger charge is -2.28. The van der Waals surface area contributed by atoms with E-state index in [9.17, 15) is 13.2 Å². The molecule has 4 atom stereocenters. The third-order valence-electron chi connectivity index (χ3n) is 6.17. The molecule has 0 aliphatic heterocycles. The molecule has 2 aliphatic rings. The molecule has 0 spiro atoms. The molecule has 0 heterocycles. The van der Waals surface area contributed by atoms with Crippen molar-refractivity contribution < 1.29 is 13.2 Å². The van der Waals surface area contributed by atoms with E-state index < -0.39 is 10.0 Å². The van der Waals surface area contributed by atoms with Gasteiger partial charge in [-0.2, -0.15) is 0 Å². The van der Waals surface area contributed by atoms with Gasteiger partial charge in [-0.3, -0.25) is 4.79 Å². The third-order valence-corrected chi connectivity index (χ3v) is 7.75. The zero-order valence-corrected chi connectivity index (χ0v) is 17.4. The molecule has 3 rings (SSSR count). The number of nitrogens with one attached hydrogen (secondary N) is 2. The summed E-state index contributed by atoms with van der Waals surface area (Å²) < 4.78 is 28.3. The van der Waals surface area contributed by atoms with Crippen LogP contribution in [0.5, 0.6) is 0 Å². The number of carbonyl (C=O) groups excluding carboxylic acids is 1. The number of hydrogen-bond acceptors (Lipinski definition) is 3. The molecule has 150 valence electrons. The van der Waals surface area contributed by atoms with Gasteiger partial charge in [0.2, 0.25) is 15.9 Å². The molecule has 2 N–H and O–H groups in total. The van der Waals surface area contributed by atoms with E-state index >= 15 is 0 Å². The predicted octanol–water partition coefficient (Wildman–Crippen LogP) is 4.16. The fourth-order valence-electron chi connectivity index (χ4n) is 4.67. The molecule has 0 unspecified atom stereocenters. The smallest absolute Gasteiger partial charge is 0.240 e. The van der Waals surface area contributed by atoms with Gasteiger partial charge in [-0.15, -0.1) is 0 Å². The maximum Gasteiger partial charge on any atom is 0.240 e. The number of amides is 1. The number of anilines is 1. The van der Waals surface area contributed by atoms with Gasteiger partial charge in [0.05, 0.1) is 4.90 Å². The van der Waals surface area contributed by atoms with Gasteiger partial charge in [-0.1, -0.05) is 20.3 Å². The van der Waals surface area contributed by atoms with Crippen molar-refractivity contribution in [3.8, 4) is 0 Å². The molecule has 1 aromatic rings. The highest BCUT2D eigenvalue weighted by molar-refractivity contribution is 7.89. The number of hydrogen-bond donors (Lipinski definition) is 2. The molecule has 2 aliphatic carbocycles. The van der Waals surface area contributed by atoms with Gasteiger partial charge >= 0.3 is 0 Å². The van der Waals surface area contributed by atoms with E-state index in [4.69, 9.17) is 0 Å². The van der Waals surface area contributed by atoms with Crippen LogP contribution in [-0.4, -0.2) is 20.4 Å². The number of fused-ring (bicyclic) bond motifs is 2. The molecule has 2 fully saturated rings. The average Bonchev–Trinajstić information content (AvgIpc) is 3.23. The summed E-state index contributed by atoms with van der Waals surface area (Å²) in [5.74, 6) is 2.37. The molecular formula is C21H32N2O3S. The van der Waals surface area contributed by atoms with E-state index in [0.717, 1.165) is 18.8 Å². The molecule has 0 saturated heterocycles. The minimum atomic E-state index is -3.54. The van der Waals surface area contributed by atoms with Crippen LogP contribution >= 0.6 is 0 Å². The summed E-state index contributed by atoms with van der Waals surface area (Å²) >= 11 is 0. The predicted molar refractivity (Wildman–Crippen MR) is 108 cm³/mol. The van der Waals surface area contributed by atoms with E-state index in [1.165, 1.54) is 19.3 Å². The SMILES string of the molecule is CC(C)CCC(=O)Nc1ccc(S(=O)(=O)N[C@@H](C)[C@@H]2C[C@H]3CC[C@H]2C3)cc1. The molecule has 27 heavy (non-hydrogen) atoms. The minimum Gasteiger partial charge on any atom is -0.326 e. The fraction of sp³-hybridized carbons (Fsp3) is 0.667. The summed E-state index contributed by atoms with van der Waals surface area (Å²) in [5.41, 5.74) is 0.629. The van der Waals surface area contributed by atoms with Crippen LogP contribution in [0.25, 0.3) is 0 Å². The molecule has 2 saturated carbocycles. The van der Waals surface area contributed by atoms with Gasteiger partial charge in [0.25, 0.3) is 0 Å². The zero-order chi connectivity index (χ0) is 19.6. The van der Waals surface area contributed by atoms with Crippen molar-refractivity contribution in [2.24, 2.45) is 23.7 Å². The van der Waals surface area contributed by atoms with Crippen molar-refractivity contribution in [3.05, 3.63) is 24.3 Å². The maximum atomic E-state index is 12.7. The van der Waals surface area contributed by atoms with Crippen molar-refractivity contribution in [2.45, 2.75) is 70.2 Å².